The summed E-state index contributed by atoms with van der Waals surface area (Å²) in [5.41, 5.74) is 5.35. The molecule has 0 aliphatic rings. The van der Waals surface area contributed by atoms with Crippen molar-refractivity contribution in [2.75, 3.05) is 4.72 Å². The number of thiazole rings is 1. The highest BCUT2D eigenvalue weighted by molar-refractivity contribution is 7.94. The van der Waals surface area contributed by atoms with Gasteiger partial charge in [-0.3, -0.25) is 4.72 Å². The molecule has 2 rings (SSSR count). The number of nitrogens with two attached hydrogens (primary N) is 1. The Bertz CT molecular complexity index is 802. The van der Waals surface area contributed by atoms with E-state index in [0.29, 0.717) is 5.01 Å². The van der Waals surface area contributed by atoms with E-state index < -0.39 is 21.7 Å². The Balaban J connectivity index is 2.44. The van der Waals surface area contributed by atoms with Crippen LogP contribution in [-0.2, 0) is 10.0 Å². The number of aromatic nitrogens is 1. The number of halogens is 1. The van der Waals surface area contributed by atoms with Crippen LogP contribution in [0, 0.1) is 12.7 Å². The van der Waals surface area contributed by atoms with Crippen molar-refractivity contribution in [3.8, 4) is 0 Å². The number of sulfonamides is 1. The van der Waals surface area contributed by atoms with E-state index in [0.717, 1.165) is 23.5 Å². The van der Waals surface area contributed by atoms with Crippen molar-refractivity contribution in [2.45, 2.75) is 11.1 Å². The van der Waals surface area contributed by atoms with Crippen LogP contribution in [0.2, 0.25) is 0 Å². The molecular weight excluding hydrogens is 319 g/mol. The lowest BCUT2D eigenvalue weighted by molar-refractivity contribution is 0.318. The van der Waals surface area contributed by atoms with Gasteiger partial charge in [-0.15, -0.1) is 11.3 Å². The SMILES string of the molecule is Cc1ncc(S(=O)(=O)Nc2ccc(F)cc2/C(N)=N/O)s1. The van der Waals surface area contributed by atoms with Crippen molar-refractivity contribution >= 4 is 32.9 Å². The minimum atomic E-state index is -3.88. The minimum Gasteiger partial charge on any atom is -0.409 e. The molecule has 7 nitrogen and oxygen atoms in total. The van der Waals surface area contributed by atoms with E-state index in [1.807, 2.05) is 0 Å². The number of hydrogen-bond donors (Lipinski definition) is 3. The molecule has 0 amide bonds. The van der Waals surface area contributed by atoms with Gasteiger partial charge in [0.2, 0.25) is 0 Å². The predicted molar refractivity (Wildman–Crippen MR) is 76.6 cm³/mol. The average Bonchev–Trinajstić information content (AvgIpc) is 2.87. The van der Waals surface area contributed by atoms with Gasteiger partial charge in [-0.2, -0.15) is 0 Å². The molecule has 21 heavy (non-hydrogen) atoms. The lowest BCUT2D eigenvalue weighted by Crippen LogP contribution is -2.19. The predicted octanol–water partition coefficient (Wildman–Crippen LogP) is 1.49. The van der Waals surface area contributed by atoms with Crippen LogP contribution in [0.4, 0.5) is 10.1 Å². The minimum absolute atomic E-state index is 0.00208. The molecule has 1 aromatic heterocycles. The molecule has 0 aliphatic carbocycles. The largest absolute Gasteiger partial charge is 0.409 e. The number of hydrogen-bond acceptors (Lipinski definition) is 6. The summed E-state index contributed by atoms with van der Waals surface area (Å²) >= 11 is 0.991. The average molecular weight is 330 g/mol. The second kappa shape index (κ2) is 5.66. The number of nitrogens with zero attached hydrogens (tertiary/aromatic N) is 2. The molecule has 0 saturated heterocycles. The fraction of sp³-hybridized carbons (Fsp3) is 0.0909. The van der Waals surface area contributed by atoms with Gasteiger partial charge in [0.1, 0.15) is 5.82 Å². The van der Waals surface area contributed by atoms with Gasteiger partial charge in [0.05, 0.1) is 16.9 Å². The highest BCUT2D eigenvalue weighted by Crippen LogP contribution is 2.24. The van der Waals surface area contributed by atoms with Crippen LogP contribution < -0.4 is 10.5 Å². The van der Waals surface area contributed by atoms with E-state index in [4.69, 9.17) is 10.9 Å². The van der Waals surface area contributed by atoms with E-state index in [2.05, 4.69) is 14.9 Å². The molecule has 0 fully saturated rings. The van der Waals surface area contributed by atoms with Crippen LogP contribution in [0.1, 0.15) is 10.6 Å². The van der Waals surface area contributed by atoms with E-state index >= 15 is 0 Å². The van der Waals surface area contributed by atoms with E-state index in [1.54, 1.807) is 6.92 Å². The first-order valence-electron chi connectivity index (χ1n) is 5.56. The summed E-state index contributed by atoms with van der Waals surface area (Å²) in [4.78, 5) is 3.86. The Morgan fingerprint density at radius 2 is 2.24 bits per heavy atom. The molecule has 2 aromatic rings. The lowest BCUT2D eigenvalue weighted by atomic mass is 10.1. The van der Waals surface area contributed by atoms with E-state index in [-0.39, 0.29) is 15.5 Å². The van der Waals surface area contributed by atoms with Crippen molar-refractivity contribution in [3.63, 3.8) is 0 Å². The van der Waals surface area contributed by atoms with Crippen LogP contribution >= 0.6 is 11.3 Å². The van der Waals surface area contributed by atoms with Crippen molar-refractivity contribution in [2.24, 2.45) is 10.9 Å². The molecule has 0 atom stereocenters. The molecule has 0 bridgehead atoms. The standard InChI is InChI=1S/C11H11FN4O3S2/c1-6-14-5-10(20-6)21(18,19)16-9-3-2-7(12)4-8(9)11(13)15-17/h2-5,16-17H,1H3,(H2,13,15). The Labute approximate surface area is 124 Å². The van der Waals surface area contributed by atoms with Crippen LogP contribution in [0.5, 0.6) is 0 Å². The third-order valence-electron chi connectivity index (χ3n) is 2.47. The second-order valence-electron chi connectivity index (χ2n) is 3.98. The van der Waals surface area contributed by atoms with Crippen molar-refractivity contribution in [1.29, 1.82) is 0 Å². The first-order valence-corrected chi connectivity index (χ1v) is 7.86. The van der Waals surface area contributed by atoms with Crippen molar-refractivity contribution in [1.82, 2.24) is 4.98 Å². The van der Waals surface area contributed by atoms with Crippen LogP contribution in [0.25, 0.3) is 0 Å². The third-order valence-corrected chi connectivity index (χ3v) is 5.21. The van der Waals surface area contributed by atoms with E-state index in [9.17, 15) is 12.8 Å². The maximum atomic E-state index is 13.2. The van der Waals surface area contributed by atoms with Gasteiger partial charge in [-0.05, 0) is 25.1 Å². The van der Waals surface area contributed by atoms with E-state index in [1.165, 1.54) is 12.3 Å². The third kappa shape index (κ3) is 3.28. The molecule has 0 radical (unpaired) electrons. The van der Waals surface area contributed by atoms with Gasteiger partial charge < -0.3 is 10.9 Å². The van der Waals surface area contributed by atoms with Crippen LogP contribution in [-0.4, -0.2) is 24.4 Å². The number of aryl methyl sites for hydroxylation is 1. The van der Waals surface area contributed by atoms with Crippen molar-refractivity contribution < 1.29 is 18.0 Å². The Hall–Kier alpha value is -2.20. The number of benzene rings is 1. The summed E-state index contributed by atoms with van der Waals surface area (Å²) in [6.07, 6.45) is 1.22. The number of rotatable bonds is 4. The Morgan fingerprint density at radius 3 is 2.81 bits per heavy atom. The Kier molecular flexibility index (Phi) is 4.09. The maximum Gasteiger partial charge on any atom is 0.273 e. The number of oxime groups is 1. The molecule has 4 N–H and O–H groups in total. The fourth-order valence-electron chi connectivity index (χ4n) is 1.53. The molecule has 0 unspecified atom stereocenters. The first-order chi connectivity index (χ1) is 9.83. The van der Waals surface area contributed by atoms with Gasteiger partial charge in [0.15, 0.2) is 10.0 Å². The molecule has 0 saturated carbocycles. The highest BCUT2D eigenvalue weighted by atomic mass is 32.2. The zero-order chi connectivity index (χ0) is 15.6. The second-order valence-corrected chi connectivity index (χ2v) is 7.12. The molecule has 10 heteroatoms. The van der Waals surface area contributed by atoms with Gasteiger partial charge >= 0.3 is 0 Å². The molecule has 1 heterocycles. The van der Waals surface area contributed by atoms with Crippen LogP contribution in [0.15, 0.2) is 33.8 Å². The lowest BCUT2D eigenvalue weighted by Gasteiger charge is -2.10. The van der Waals surface area contributed by atoms with Gasteiger partial charge in [0.25, 0.3) is 10.0 Å². The summed E-state index contributed by atoms with van der Waals surface area (Å²) in [5, 5.41) is 12.0. The summed E-state index contributed by atoms with van der Waals surface area (Å²) in [6, 6.07) is 3.21. The quantitative estimate of drug-likeness (QED) is 0.340. The first kappa shape index (κ1) is 15.2. The summed E-state index contributed by atoms with van der Waals surface area (Å²) in [6.45, 7) is 1.67. The van der Waals surface area contributed by atoms with Gasteiger partial charge in [-0.1, -0.05) is 5.16 Å². The molecule has 1 aromatic carbocycles. The number of anilines is 1. The number of amidine groups is 1. The zero-order valence-corrected chi connectivity index (χ0v) is 12.4. The molecule has 0 spiro atoms. The number of nitrogens with one attached hydrogen (secondary N) is 1. The smallest absolute Gasteiger partial charge is 0.273 e. The maximum absolute atomic E-state index is 13.2. The normalized spacial score (nSPS) is 12.4. The van der Waals surface area contributed by atoms with Crippen molar-refractivity contribution in [3.05, 3.63) is 40.8 Å². The summed E-state index contributed by atoms with van der Waals surface area (Å²) in [5.74, 6) is -1.05. The summed E-state index contributed by atoms with van der Waals surface area (Å²) < 4.78 is 39.9. The topological polar surface area (TPSA) is 118 Å². The molecule has 0 aliphatic heterocycles. The summed E-state index contributed by atoms with van der Waals surface area (Å²) in [7, 11) is -3.88. The molecule has 112 valence electrons. The highest BCUT2D eigenvalue weighted by Gasteiger charge is 2.20. The fourth-order valence-corrected chi connectivity index (χ4v) is 3.72. The Morgan fingerprint density at radius 1 is 1.52 bits per heavy atom. The molecular formula is C11H11FN4O3S2. The van der Waals surface area contributed by atoms with Gasteiger partial charge in [0, 0.05) is 5.56 Å². The zero-order valence-electron chi connectivity index (χ0n) is 10.7. The monoisotopic (exact) mass is 330 g/mol. The van der Waals surface area contributed by atoms with Gasteiger partial charge in [-0.25, -0.2) is 17.8 Å². The van der Waals surface area contributed by atoms with Crippen LogP contribution in [0.3, 0.4) is 0 Å².